The van der Waals surface area contributed by atoms with Crippen molar-refractivity contribution in [2.75, 3.05) is 18.4 Å². The number of halogens is 1. The van der Waals surface area contributed by atoms with Crippen LogP contribution in [0.25, 0.3) is 5.82 Å². The molecular formula is C18H20FN7O. The van der Waals surface area contributed by atoms with E-state index in [0.29, 0.717) is 30.5 Å². The fraction of sp³-hybridized carbons (Fsp3) is 0.278. The highest BCUT2D eigenvalue weighted by Crippen LogP contribution is 2.13. The maximum Gasteiger partial charge on any atom is 0.253 e. The minimum atomic E-state index is -0.547. The number of anilines is 1. The first-order valence-corrected chi connectivity index (χ1v) is 8.44. The summed E-state index contributed by atoms with van der Waals surface area (Å²) in [7, 11) is 0. The predicted octanol–water partition coefficient (Wildman–Crippen LogP) is 1.96. The van der Waals surface area contributed by atoms with Gasteiger partial charge in [-0.3, -0.25) is 9.78 Å². The van der Waals surface area contributed by atoms with E-state index in [-0.39, 0.29) is 11.5 Å². The van der Waals surface area contributed by atoms with Crippen LogP contribution in [0.4, 0.5) is 10.2 Å². The Bertz CT molecular complexity index is 970. The highest BCUT2D eigenvalue weighted by Gasteiger charge is 2.09. The number of aryl methyl sites for hydroxylation is 3. The fourth-order valence-corrected chi connectivity index (χ4v) is 2.62. The van der Waals surface area contributed by atoms with E-state index < -0.39 is 5.82 Å². The van der Waals surface area contributed by atoms with E-state index in [1.165, 1.54) is 6.20 Å². The molecule has 0 aliphatic rings. The minimum absolute atomic E-state index is 0.180. The van der Waals surface area contributed by atoms with Crippen LogP contribution in [0.15, 0.2) is 30.6 Å². The van der Waals surface area contributed by atoms with Gasteiger partial charge in [0.15, 0.2) is 5.82 Å². The topological polar surface area (TPSA) is 97.6 Å². The number of hydrogen-bond donors (Lipinski definition) is 2. The smallest absolute Gasteiger partial charge is 0.253 e. The number of nitrogens with one attached hydrogen (secondary N) is 2. The molecule has 8 nitrogen and oxygen atoms in total. The molecular weight excluding hydrogens is 349 g/mol. The summed E-state index contributed by atoms with van der Waals surface area (Å²) in [5.74, 6) is 0.981. The standard InChI is InChI=1S/C18H20FN7O/c1-11-6-12(2)26(25-11)17-8-16(23-13(3)24-17)21-4-5-22-18(27)14-7-15(19)10-20-9-14/h6-10H,4-5H2,1-3H3,(H,22,27)(H,21,23,24). The van der Waals surface area contributed by atoms with Crippen LogP contribution in [-0.4, -0.2) is 43.7 Å². The summed E-state index contributed by atoms with van der Waals surface area (Å²) in [6.07, 6.45) is 2.37. The van der Waals surface area contributed by atoms with Crippen molar-refractivity contribution in [1.29, 1.82) is 0 Å². The first kappa shape index (κ1) is 18.4. The van der Waals surface area contributed by atoms with Crippen molar-refractivity contribution in [1.82, 2.24) is 30.0 Å². The lowest BCUT2D eigenvalue weighted by Gasteiger charge is -2.10. The molecule has 0 unspecified atom stereocenters. The van der Waals surface area contributed by atoms with Crippen molar-refractivity contribution in [3.63, 3.8) is 0 Å². The molecule has 140 valence electrons. The lowest BCUT2D eigenvalue weighted by Crippen LogP contribution is -2.29. The Morgan fingerprint density at radius 1 is 1.11 bits per heavy atom. The van der Waals surface area contributed by atoms with Gasteiger partial charge in [0.2, 0.25) is 0 Å². The number of hydrogen-bond acceptors (Lipinski definition) is 6. The van der Waals surface area contributed by atoms with Gasteiger partial charge >= 0.3 is 0 Å². The monoisotopic (exact) mass is 369 g/mol. The highest BCUT2D eigenvalue weighted by atomic mass is 19.1. The molecule has 1 amide bonds. The average Bonchev–Trinajstić information content (AvgIpc) is 2.96. The number of rotatable bonds is 6. The summed E-state index contributed by atoms with van der Waals surface area (Å²) in [6.45, 7) is 6.48. The van der Waals surface area contributed by atoms with Crippen molar-refractivity contribution in [2.45, 2.75) is 20.8 Å². The van der Waals surface area contributed by atoms with Gasteiger partial charge in [-0.15, -0.1) is 0 Å². The van der Waals surface area contributed by atoms with E-state index in [4.69, 9.17) is 0 Å². The molecule has 2 N–H and O–H groups in total. The van der Waals surface area contributed by atoms with E-state index in [1.807, 2.05) is 19.9 Å². The first-order valence-electron chi connectivity index (χ1n) is 8.44. The van der Waals surface area contributed by atoms with Crippen LogP contribution in [0, 0.1) is 26.6 Å². The highest BCUT2D eigenvalue weighted by molar-refractivity contribution is 5.93. The quantitative estimate of drug-likeness (QED) is 0.645. The van der Waals surface area contributed by atoms with E-state index in [0.717, 1.165) is 23.7 Å². The van der Waals surface area contributed by atoms with Gasteiger partial charge < -0.3 is 10.6 Å². The van der Waals surface area contributed by atoms with Crippen LogP contribution in [-0.2, 0) is 0 Å². The molecule has 3 aromatic rings. The second kappa shape index (κ2) is 7.90. The maximum absolute atomic E-state index is 13.1. The molecule has 0 atom stereocenters. The van der Waals surface area contributed by atoms with Crippen LogP contribution in [0.5, 0.6) is 0 Å². The molecule has 3 rings (SSSR count). The van der Waals surface area contributed by atoms with Crippen molar-refractivity contribution < 1.29 is 9.18 Å². The third-order valence-corrected chi connectivity index (χ3v) is 3.73. The molecule has 0 aromatic carbocycles. The number of amides is 1. The van der Waals surface area contributed by atoms with Gasteiger partial charge in [0.25, 0.3) is 5.91 Å². The first-order chi connectivity index (χ1) is 12.9. The van der Waals surface area contributed by atoms with Crippen LogP contribution in [0.2, 0.25) is 0 Å². The fourth-order valence-electron chi connectivity index (χ4n) is 2.62. The molecule has 9 heteroatoms. The van der Waals surface area contributed by atoms with Crippen molar-refractivity contribution in [2.24, 2.45) is 0 Å². The number of nitrogens with zero attached hydrogens (tertiary/aromatic N) is 5. The zero-order valence-corrected chi connectivity index (χ0v) is 15.3. The summed E-state index contributed by atoms with van der Waals surface area (Å²) < 4.78 is 14.9. The third kappa shape index (κ3) is 4.63. The van der Waals surface area contributed by atoms with Gasteiger partial charge in [0.05, 0.1) is 17.5 Å². The van der Waals surface area contributed by atoms with Gasteiger partial charge in [0, 0.05) is 31.0 Å². The van der Waals surface area contributed by atoms with Gasteiger partial charge in [-0.05, 0) is 32.9 Å². The summed E-state index contributed by atoms with van der Waals surface area (Å²) >= 11 is 0. The second-order valence-electron chi connectivity index (χ2n) is 6.07. The summed E-state index contributed by atoms with van der Waals surface area (Å²) in [5, 5.41) is 10.3. The average molecular weight is 369 g/mol. The molecule has 0 bridgehead atoms. The Kier molecular flexibility index (Phi) is 5.39. The lowest BCUT2D eigenvalue weighted by molar-refractivity contribution is 0.0954. The molecule has 0 aliphatic carbocycles. The van der Waals surface area contributed by atoms with Gasteiger partial charge in [0.1, 0.15) is 17.5 Å². The van der Waals surface area contributed by atoms with Crippen LogP contribution >= 0.6 is 0 Å². The third-order valence-electron chi connectivity index (χ3n) is 3.73. The Morgan fingerprint density at radius 2 is 1.93 bits per heavy atom. The van der Waals surface area contributed by atoms with Gasteiger partial charge in [-0.1, -0.05) is 0 Å². The summed E-state index contributed by atoms with van der Waals surface area (Å²) in [5.41, 5.74) is 2.07. The number of carbonyl (C=O) groups is 1. The number of carbonyl (C=O) groups excluding carboxylic acids is 1. The second-order valence-corrected chi connectivity index (χ2v) is 6.07. The van der Waals surface area contributed by atoms with Crippen molar-refractivity contribution in [3.05, 3.63) is 59.2 Å². The lowest BCUT2D eigenvalue weighted by atomic mass is 10.2. The number of pyridine rings is 1. The molecule has 0 fully saturated rings. The minimum Gasteiger partial charge on any atom is -0.368 e. The Morgan fingerprint density at radius 3 is 2.63 bits per heavy atom. The maximum atomic E-state index is 13.1. The predicted molar refractivity (Wildman–Crippen MR) is 98.4 cm³/mol. The SMILES string of the molecule is Cc1cc(C)n(-c2cc(NCCNC(=O)c3cncc(F)c3)nc(C)n2)n1. The van der Waals surface area contributed by atoms with E-state index >= 15 is 0 Å². The molecule has 3 aromatic heterocycles. The van der Waals surface area contributed by atoms with Gasteiger partial charge in [-0.25, -0.2) is 19.0 Å². The van der Waals surface area contributed by atoms with Crippen LogP contribution < -0.4 is 10.6 Å². The normalized spacial score (nSPS) is 10.7. The van der Waals surface area contributed by atoms with Crippen molar-refractivity contribution in [3.8, 4) is 5.82 Å². The number of aromatic nitrogens is 5. The van der Waals surface area contributed by atoms with Crippen molar-refractivity contribution >= 4 is 11.7 Å². The van der Waals surface area contributed by atoms with Crippen LogP contribution in [0.3, 0.4) is 0 Å². The van der Waals surface area contributed by atoms with Gasteiger partial charge in [-0.2, -0.15) is 5.10 Å². The molecule has 27 heavy (non-hydrogen) atoms. The Labute approximate surface area is 155 Å². The van der Waals surface area contributed by atoms with E-state index in [2.05, 4.69) is 30.7 Å². The molecule has 0 saturated carbocycles. The zero-order valence-electron chi connectivity index (χ0n) is 15.3. The van der Waals surface area contributed by atoms with E-state index in [9.17, 15) is 9.18 Å². The Balaban J connectivity index is 1.60. The molecule has 3 heterocycles. The summed E-state index contributed by atoms with van der Waals surface area (Å²) in [4.78, 5) is 24.4. The van der Waals surface area contributed by atoms with E-state index in [1.54, 1.807) is 17.7 Å². The largest absolute Gasteiger partial charge is 0.368 e. The molecule has 0 aliphatic heterocycles. The van der Waals surface area contributed by atoms with Crippen LogP contribution in [0.1, 0.15) is 27.6 Å². The molecule has 0 radical (unpaired) electrons. The molecule has 0 spiro atoms. The molecule has 0 saturated heterocycles. The zero-order chi connectivity index (χ0) is 19.4. The summed E-state index contributed by atoms with van der Waals surface area (Å²) in [6, 6.07) is 4.91. The Hall–Kier alpha value is -3.36.